The Morgan fingerprint density at radius 2 is 2.20 bits per heavy atom. The molecule has 3 nitrogen and oxygen atoms in total. The van der Waals surface area contributed by atoms with Crippen molar-refractivity contribution in [2.75, 3.05) is 5.73 Å². The number of hydrogen-bond acceptors (Lipinski definition) is 2. The van der Waals surface area contributed by atoms with E-state index in [9.17, 15) is 4.39 Å². The molecule has 1 aromatic heterocycles. The fraction of sp³-hybridized carbons (Fsp3) is 0. The quantitative estimate of drug-likeness (QED) is 0.847. The summed E-state index contributed by atoms with van der Waals surface area (Å²) in [6.45, 7) is 0. The summed E-state index contributed by atoms with van der Waals surface area (Å²) >= 11 is 9.08. The highest BCUT2D eigenvalue weighted by molar-refractivity contribution is 9.10. The van der Waals surface area contributed by atoms with Crippen LogP contribution in [0, 0.1) is 5.82 Å². The number of benzene rings is 1. The number of hydrogen-bond donors (Lipinski definition) is 2. The molecule has 0 fully saturated rings. The number of nitrogens with zero attached hydrogens (tertiary/aromatic N) is 1. The van der Waals surface area contributed by atoms with Crippen LogP contribution in [0.4, 0.5) is 10.2 Å². The highest BCUT2D eigenvalue weighted by atomic mass is 79.9. The molecular weight excluding hydrogens is 284 g/mol. The smallest absolute Gasteiger partial charge is 0.192 e. The van der Waals surface area contributed by atoms with Gasteiger partial charge in [-0.25, -0.2) is 4.39 Å². The molecular formula is C9H6BrClFN3. The first-order valence-corrected chi connectivity index (χ1v) is 5.21. The van der Waals surface area contributed by atoms with E-state index in [1.165, 1.54) is 0 Å². The van der Waals surface area contributed by atoms with Crippen molar-refractivity contribution in [1.29, 1.82) is 0 Å². The van der Waals surface area contributed by atoms with Gasteiger partial charge in [0.2, 0.25) is 0 Å². The first kappa shape index (κ1) is 10.4. The van der Waals surface area contributed by atoms with Crippen LogP contribution >= 0.6 is 27.5 Å². The predicted octanol–water partition coefficient (Wildman–Crippen LogP) is 3.21. The van der Waals surface area contributed by atoms with Crippen LogP contribution in [0.2, 0.25) is 5.02 Å². The van der Waals surface area contributed by atoms with Gasteiger partial charge in [0.1, 0.15) is 5.69 Å². The Bertz CT molecular complexity index is 512. The Morgan fingerprint density at radius 3 is 2.73 bits per heavy atom. The number of nitrogens with two attached hydrogens (primary N) is 1. The molecule has 0 radical (unpaired) electrons. The van der Waals surface area contributed by atoms with Gasteiger partial charge < -0.3 is 5.73 Å². The van der Waals surface area contributed by atoms with Crippen molar-refractivity contribution in [3.8, 4) is 11.3 Å². The maximum absolute atomic E-state index is 13.4. The fourth-order valence-electron chi connectivity index (χ4n) is 1.19. The normalized spacial score (nSPS) is 10.6. The van der Waals surface area contributed by atoms with Crippen LogP contribution in [0.15, 0.2) is 22.7 Å². The van der Waals surface area contributed by atoms with Crippen LogP contribution in [0.3, 0.4) is 0 Å². The van der Waals surface area contributed by atoms with Crippen LogP contribution in [0.25, 0.3) is 11.3 Å². The van der Waals surface area contributed by atoms with Crippen molar-refractivity contribution in [3.63, 3.8) is 0 Å². The molecule has 1 aromatic carbocycles. The molecule has 3 N–H and O–H groups in total. The lowest BCUT2D eigenvalue weighted by molar-refractivity contribution is 0.636. The number of nitrogen functional groups attached to an aromatic ring is 1. The molecule has 0 unspecified atom stereocenters. The minimum absolute atomic E-state index is 0.143. The first-order chi connectivity index (χ1) is 7.09. The van der Waals surface area contributed by atoms with Gasteiger partial charge in [0.25, 0.3) is 0 Å². The zero-order valence-electron chi connectivity index (χ0n) is 7.39. The van der Waals surface area contributed by atoms with E-state index in [2.05, 4.69) is 26.1 Å². The van der Waals surface area contributed by atoms with Crippen molar-refractivity contribution in [3.05, 3.63) is 33.5 Å². The Kier molecular flexibility index (Phi) is 2.67. The van der Waals surface area contributed by atoms with Crippen LogP contribution < -0.4 is 5.73 Å². The standard InChI is InChI=1S/C9H6BrClFN3/c10-5-3-4(1-2-6(5)11)8-7(12)9(13)15-14-8/h1-3H,(H3,13,14,15). The SMILES string of the molecule is Nc1n[nH]c(-c2ccc(Cl)c(Br)c2)c1F. The zero-order valence-corrected chi connectivity index (χ0v) is 9.73. The van der Waals surface area contributed by atoms with E-state index in [0.29, 0.717) is 15.1 Å². The summed E-state index contributed by atoms with van der Waals surface area (Å²) in [5.74, 6) is -0.694. The molecule has 1 heterocycles. The summed E-state index contributed by atoms with van der Waals surface area (Å²) in [6, 6.07) is 5.04. The zero-order chi connectivity index (χ0) is 11.0. The molecule has 2 rings (SSSR count). The van der Waals surface area contributed by atoms with Crippen molar-refractivity contribution in [1.82, 2.24) is 10.2 Å². The van der Waals surface area contributed by atoms with Gasteiger partial charge in [-0.3, -0.25) is 5.10 Å². The minimum atomic E-state index is -0.552. The van der Waals surface area contributed by atoms with E-state index in [0.717, 1.165) is 0 Å². The van der Waals surface area contributed by atoms with Gasteiger partial charge in [-0.1, -0.05) is 17.7 Å². The molecule has 0 amide bonds. The second-order valence-electron chi connectivity index (χ2n) is 2.93. The third-order valence-corrected chi connectivity index (χ3v) is 3.15. The van der Waals surface area contributed by atoms with Gasteiger partial charge in [-0.2, -0.15) is 5.10 Å². The summed E-state index contributed by atoms with van der Waals surface area (Å²) in [7, 11) is 0. The second-order valence-corrected chi connectivity index (χ2v) is 4.19. The molecule has 0 spiro atoms. The van der Waals surface area contributed by atoms with E-state index >= 15 is 0 Å². The number of nitrogens with one attached hydrogen (secondary N) is 1. The Morgan fingerprint density at radius 1 is 1.47 bits per heavy atom. The fourth-order valence-corrected chi connectivity index (χ4v) is 1.68. The third kappa shape index (κ3) is 1.85. The van der Waals surface area contributed by atoms with Gasteiger partial charge in [0.05, 0.1) is 5.02 Å². The molecule has 0 atom stereocenters. The second kappa shape index (κ2) is 3.83. The molecule has 15 heavy (non-hydrogen) atoms. The van der Waals surface area contributed by atoms with Crippen molar-refractivity contribution in [2.24, 2.45) is 0 Å². The maximum Gasteiger partial charge on any atom is 0.192 e. The molecule has 78 valence electrons. The molecule has 0 bridgehead atoms. The topological polar surface area (TPSA) is 54.7 Å². The Balaban J connectivity index is 2.55. The van der Waals surface area contributed by atoms with Crippen LogP contribution in [-0.2, 0) is 0 Å². The highest BCUT2D eigenvalue weighted by Gasteiger charge is 2.12. The average molecular weight is 291 g/mol. The number of aromatic amines is 1. The molecule has 0 aliphatic carbocycles. The average Bonchev–Trinajstić information content (AvgIpc) is 2.53. The lowest BCUT2D eigenvalue weighted by atomic mass is 10.1. The number of anilines is 1. The van der Waals surface area contributed by atoms with Crippen molar-refractivity contribution >= 4 is 33.3 Å². The summed E-state index contributed by atoms with van der Waals surface area (Å²) in [5.41, 5.74) is 6.18. The van der Waals surface area contributed by atoms with Crippen molar-refractivity contribution in [2.45, 2.75) is 0 Å². The maximum atomic E-state index is 13.4. The van der Waals surface area contributed by atoms with Crippen molar-refractivity contribution < 1.29 is 4.39 Å². The summed E-state index contributed by atoms with van der Waals surface area (Å²) < 4.78 is 14.1. The molecule has 6 heteroatoms. The number of halogens is 3. The number of aromatic nitrogens is 2. The Hall–Kier alpha value is -1.07. The lowest BCUT2D eigenvalue weighted by Gasteiger charge is -2.00. The molecule has 0 aliphatic rings. The monoisotopic (exact) mass is 289 g/mol. The van der Waals surface area contributed by atoms with E-state index in [1.807, 2.05) is 0 Å². The predicted molar refractivity (Wildman–Crippen MR) is 61.1 cm³/mol. The Labute approximate surface area is 98.6 Å². The molecule has 0 saturated heterocycles. The number of H-pyrrole nitrogens is 1. The largest absolute Gasteiger partial charge is 0.380 e. The van der Waals surface area contributed by atoms with E-state index in [1.54, 1.807) is 18.2 Å². The summed E-state index contributed by atoms with van der Waals surface area (Å²) in [4.78, 5) is 0. The van der Waals surface area contributed by atoms with E-state index in [4.69, 9.17) is 17.3 Å². The molecule has 0 saturated carbocycles. The highest BCUT2D eigenvalue weighted by Crippen LogP contribution is 2.30. The first-order valence-electron chi connectivity index (χ1n) is 4.04. The van der Waals surface area contributed by atoms with Crippen LogP contribution in [-0.4, -0.2) is 10.2 Å². The van der Waals surface area contributed by atoms with Gasteiger partial charge in [0.15, 0.2) is 11.6 Å². The summed E-state index contributed by atoms with van der Waals surface area (Å²) in [5, 5.41) is 6.66. The number of rotatable bonds is 1. The third-order valence-electron chi connectivity index (χ3n) is 1.94. The van der Waals surface area contributed by atoms with Crippen LogP contribution in [0.5, 0.6) is 0 Å². The van der Waals surface area contributed by atoms with E-state index in [-0.39, 0.29) is 11.5 Å². The van der Waals surface area contributed by atoms with E-state index < -0.39 is 5.82 Å². The molecule has 0 aliphatic heterocycles. The van der Waals surface area contributed by atoms with Gasteiger partial charge in [-0.15, -0.1) is 0 Å². The lowest BCUT2D eigenvalue weighted by Crippen LogP contribution is -1.87. The van der Waals surface area contributed by atoms with Gasteiger partial charge >= 0.3 is 0 Å². The molecule has 2 aromatic rings. The van der Waals surface area contributed by atoms with Gasteiger partial charge in [0, 0.05) is 10.0 Å². The summed E-state index contributed by atoms with van der Waals surface area (Å²) in [6.07, 6.45) is 0. The van der Waals surface area contributed by atoms with Gasteiger partial charge in [-0.05, 0) is 28.1 Å². The van der Waals surface area contributed by atoms with Crippen LogP contribution in [0.1, 0.15) is 0 Å². The minimum Gasteiger partial charge on any atom is -0.380 e.